The molecule has 0 aliphatic carbocycles. The highest BCUT2D eigenvalue weighted by molar-refractivity contribution is 7.09. The number of para-hydroxylation sites is 1. The van der Waals surface area contributed by atoms with Gasteiger partial charge in [-0.25, -0.2) is 4.79 Å². The average molecular weight is 651 g/mol. The van der Waals surface area contributed by atoms with Crippen molar-refractivity contribution in [3.05, 3.63) is 69.6 Å². The van der Waals surface area contributed by atoms with E-state index in [1.807, 2.05) is 30.3 Å². The van der Waals surface area contributed by atoms with Crippen molar-refractivity contribution < 1.29 is 31.1 Å². The smallest absolute Gasteiger partial charge is 0.323 e. The fourth-order valence-electron chi connectivity index (χ4n) is 4.60. The molecule has 0 spiro atoms. The first-order chi connectivity index (χ1) is 19.0. The number of rotatable bonds is 18. The molecule has 0 unspecified atom stereocenters. The van der Waals surface area contributed by atoms with Crippen molar-refractivity contribution in [1.82, 2.24) is 0 Å². The van der Waals surface area contributed by atoms with Crippen molar-refractivity contribution in [1.29, 1.82) is 0 Å². The van der Waals surface area contributed by atoms with Gasteiger partial charge in [-0.05, 0) is 31.5 Å². The molecule has 0 fully saturated rings. The lowest BCUT2D eigenvalue weighted by Gasteiger charge is -2.12. The van der Waals surface area contributed by atoms with E-state index in [1.165, 1.54) is 75.5 Å². The van der Waals surface area contributed by atoms with Gasteiger partial charge in [-0.1, -0.05) is 119 Å². The largest absolute Gasteiger partial charge is 1.00 e. The molecule has 8 heteroatoms. The number of urea groups is 1. The summed E-state index contributed by atoms with van der Waals surface area (Å²) < 4.78 is 8.01. The van der Waals surface area contributed by atoms with Gasteiger partial charge in [0.25, 0.3) is 0 Å². The Morgan fingerprint density at radius 3 is 2.12 bits per heavy atom. The van der Waals surface area contributed by atoms with Gasteiger partial charge < -0.3 is 32.4 Å². The fourth-order valence-corrected chi connectivity index (χ4v) is 5.45. The third kappa shape index (κ3) is 13.0. The number of benzene rings is 2. The molecule has 2 amide bonds. The lowest BCUT2D eigenvalue weighted by Crippen LogP contribution is -3.00. The fraction of sp³-hybridized carbons (Fsp3) is 0.500. The number of ether oxygens (including phenoxy) is 1. The summed E-state index contributed by atoms with van der Waals surface area (Å²) in [5.74, 6) is 0.724. The molecule has 0 atom stereocenters. The van der Waals surface area contributed by atoms with Gasteiger partial charge in [0.15, 0.2) is 12.7 Å². The van der Waals surface area contributed by atoms with Crippen molar-refractivity contribution in [2.75, 3.05) is 17.2 Å². The molecule has 0 bridgehead atoms. The van der Waals surface area contributed by atoms with Crippen LogP contribution in [0.3, 0.4) is 0 Å². The number of halogens is 2. The molecular weight excluding hydrogens is 606 g/mol. The Balaban J connectivity index is 0.00000560. The summed E-state index contributed by atoms with van der Waals surface area (Å²) in [6.07, 6.45) is 18.0. The molecule has 1 aromatic heterocycles. The number of aryl methyl sites for hydroxylation is 1. The molecule has 5 nitrogen and oxygen atoms in total. The molecule has 0 saturated heterocycles. The molecule has 2 N–H and O–H groups in total. The molecular formula is C32H45BrClN3O2S. The van der Waals surface area contributed by atoms with Crippen molar-refractivity contribution in [2.24, 2.45) is 0 Å². The predicted octanol–water partition coefficient (Wildman–Crippen LogP) is 6.77. The Labute approximate surface area is 260 Å². The van der Waals surface area contributed by atoms with Crippen LogP contribution in [0.1, 0.15) is 94.4 Å². The van der Waals surface area contributed by atoms with E-state index in [0.29, 0.717) is 23.9 Å². The van der Waals surface area contributed by atoms with Crippen LogP contribution in [0, 0.1) is 6.92 Å². The third-order valence-corrected chi connectivity index (χ3v) is 7.96. The van der Waals surface area contributed by atoms with Crippen LogP contribution in [-0.2, 0) is 6.54 Å². The molecule has 220 valence electrons. The van der Waals surface area contributed by atoms with Crippen molar-refractivity contribution in [2.45, 2.75) is 97.4 Å². The van der Waals surface area contributed by atoms with E-state index in [2.05, 4.69) is 40.8 Å². The number of nitrogens with one attached hydrogen (secondary N) is 2. The minimum absolute atomic E-state index is 0. The van der Waals surface area contributed by atoms with E-state index < -0.39 is 0 Å². The van der Waals surface area contributed by atoms with Gasteiger partial charge in [0.1, 0.15) is 5.75 Å². The van der Waals surface area contributed by atoms with Crippen molar-refractivity contribution in [3.8, 4) is 5.75 Å². The maximum Gasteiger partial charge on any atom is 0.323 e. The number of amides is 2. The van der Waals surface area contributed by atoms with Crippen LogP contribution >= 0.6 is 22.9 Å². The van der Waals surface area contributed by atoms with Crippen molar-refractivity contribution in [3.63, 3.8) is 0 Å². The highest BCUT2D eigenvalue weighted by Crippen LogP contribution is 2.27. The summed E-state index contributed by atoms with van der Waals surface area (Å²) in [6.45, 7) is 5.72. The number of hydrogen-bond donors (Lipinski definition) is 2. The lowest BCUT2D eigenvalue weighted by molar-refractivity contribution is -0.683. The second kappa shape index (κ2) is 19.9. The summed E-state index contributed by atoms with van der Waals surface area (Å²) in [4.78, 5) is 14.0. The Morgan fingerprint density at radius 2 is 1.50 bits per heavy atom. The van der Waals surface area contributed by atoms with Crippen molar-refractivity contribution >= 4 is 40.3 Å². The molecule has 3 aromatic rings. The van der Waals surface area contributed by atoms with Gasteiger partial charge in [0.05, 0.1) is 27.9 Å². The average Bonchev–Trinajstić information content (AvgIpc) is 3.33. The van der Waals surface area contributed by atoms with E-state index in [1.54, 1.807) is 23.5 Å². The zero-order valence-electron chi connectivity index (χ0n) is 24.0. The number of hydrogen-bond acceptors (Lipinski definition) is 3. The van der Waals surface area contributed by atoms with E-state index in [9.17, 15) is 4.79 Å². The molecule has 3 rings (SSSR count). The molecule has 0 saturated carbocycles. The topological polar surface area (TPSA) is 54.2 Å². The minimum Gasteiger partial charge on any atom is -1.00 e. The van der Waals surface area contributed by atoms with Crippen LogP contribution in [-0.4, -0.2) is 12.6 Å². The first kappa shape index (κ1) is 34.1. The quantitative estimate of drug-likeness (QED) is 0.118. The first-order valence-electron chi connectivity index (χ1n) is 14.6. The first-order valence-corrected chi connectivity index (χ1v) is 15.8. The van der Waals surface area contributed by atoms with Gasteiger partial charge in [-0.15, -0.1) is 0 Å². The Morgan fingerprint density at radius 1 is 0.875 bits per heavy atom. The van der Waals surface area contributed by atoms with Gasteiger partial charge in [-0.2, -0.15) is 4.57 Å². The summed E-state index contributed by atoms with van der Waals surface area (Å²) in [5.41, 5.74) is 4.42. The van der Waals surface area contributed by atoms with E-state index in [4.69, 9.17) is 16.3 Å². The van der Waals surface area contributed by atoms with Gasteiger partial charge in [0.2, 0.25) is 5.51 Å². The lowest BCUT2D eigenvalue weighted by atomic mass is 10.1. The Hall–Kier alpha value is -2.09. The SMILES string of the molecule is CCCCCCCCCCCCCCOc1ccc(NC(=O)Nc2ccccc2C[n+]2csc(C)c2)c(Cl)c1.[Br-]. The van der Waals surface area contributed by atoms with E-state index in [-0.39, 0.29) is 23.0 Å². The number of thiazole rings is 1. The van der Waals surface area contributed by atoms with E-state index >= 15 is 0 Å². The highest BCUT2D eigenvalue weighted by atomic mass is 79.9. The molecule has 0 aliphatic heterocycles. The normalized spacial score (nSPS) is 10.7. The van der Waals surface area contributed by atoms with Crippen LogP contribution in [0.5, 0.6) is 5.75 Å². The Kier molecular flexibility index (Phi) is 17.0. The van der Waals surface area contributed by atoms with Crippen LogP contribution in [0.4, 0.5) is 16.2 Å². The summed E-state index contributed by atoms with van der Waals surface area (Å²) >= 11 is 8.15. The second-order valence-electron chi connectivity index (χ2n) is 10.3. The maximum absolute atomic E-state index is 12.7. The minimum atomic E-state index is -0.332. The molecule has 0 radical (unpaired) electrons. The molecule has 40 heavy (non-hydrogen) atoms. The summed E-state index contributed by atoms with van der Waals surface area (Å²) in [7, 11) is 0. The standard InChI is InChI=1S/C32H44ClN3O2S.BrH/c1-3-4-5-6-7-8-9-10-11-12-13-16-21-38-28-19-20-31(29(33)22-28)35-32(37)34-30-18-15-14-17-27(30)24-36-23-26(2)39-25-36;/h14-15,17-20,22-23,25H,3-13,16,21,24H2,1-2H3,(H-,34,35,37);1H. The number of carbonyl (C=O) groups is 1. The summed E-state index contributed by atoms with van der Waals surface area (Å²) in [5, 5.41) is 6.27. The van der Waals surface area contributed by atoms with Gasteiger partial charge >= 0.3 is 6.03 Å². The maximum atomic E-state index is 12.7. The monoisotopic (exact) mass is 649 g/mol. The third-order valence-electron chi connectivity index (χ3n) is 6.80. The number of nitrogens with zero attached hydrogens (tertiary/aromatic N) is 1. The van der Waals surface area contributed by atoms with Gasteiger partial charge in [0, 0.05) is 11.6 Å². The van der Waals surface area contributed by atoms with E-state index in [0.717, 1.165) is 23.4 Å². The van der Waals surface area contributed by atoms with Crippen LogP contribution < -0.4 is 36.9 Å². The predicted molar refractivity (Wildman–Crippen MR) is 165 cm³/mol. The van der Waals surface area contributed by atoms with Crippen LogP contribution in [0.2, 0.25) is 5.02 Å². The number of carbonyl (C=O) groups excluding carboxylic acids is 1. The summed E-state index contributed by atoms with van der Waals surface area (Å²) in [6, 6.07) is 12.9. The molecule has 2 aromatic carbocycles. The zero-order chi connectivity index (χ0) is 27.7. The van der Waals surface area contributed by atoms with Gasteiger partial charge in [-0.3, -0.25) is 0 Å². The second-order valence-corrected chi connectivity index (χ2v) is 11.7. The zero-order valence-corrected chi connectivity index (χ0v) is 27.2. The molecule has 1 heterocycles. The number of unbranched alkanes of at least 4 members (excludes halogenated alkanes) is 11. The number of anilines is 2. The Bertz CT molecular complexity index is 1140. The van der Waals surface area contributed by atoms with Crippen LogP contribution in [0.25, 0.3) is 0 Å². The highest BCUT2D eigenvalue weighted by Gasteiger charge is 2.13. The number of aromatic nitrogens is 1. The van der Waals surface area contributed by atoms with Crippen LogP contribution in [0.15, 0.2) is 54.2 Å². The molecule has 0 aliphatic rings.